The van der Waals surface area contributed by atoms with Crippen LogP contribution in [0, 0.1) is 10.1 Å². The molecule has 0 radical (unpaired) electrons. The summed E-state index contributed by atoms with van der Waals surface area (Å²) in [6.07, 6.45) is 3.30. The predicted octanol–water partition coefficient (Wildman–Crippen LogP) is 5.14. The third-order valence-corrected chi connectivity index (χ3v) is 4.95. The predicted molar refractivity (Wildman–Crippen MR) is 104 cm³/mol. The smallest absolute Gasteiger partial charge is 0.270 e. The number of rotatable bonds is 4. The molecular formula is C18H17Cl2N3O3. The Hall–Kier alpha value is -2.31. The van der Waals surface area contributed by atoms with Crippen molar-refractivity contribution >= 4 is 46.2 Å². The highest BCUT2D eigenvalue weighted by Gasteiger charge is 2.21. The van der Waals surface area contributed by atoms with Crippen LogP contribution in [0.15, 0.2) is 36.4 Å². The minimum absolute atomic E-state index is 0.0467. The Morgan fingerprint density at radius 1 is 1.08 bits per heavy atom. The molecule has 8 heteroatoms. The molecule has 1 amide bonds. The molecule has 2 aromatic carbocycles. The number of hydrogen-bond donors (Lipinski definition) is 1. The third kappa shape index (κ3) is 3.92. The van der Waals surface area contributed by atoms with E-state index in [-0.39, 0.29) is 16.3 Å². The average Bonchev–Trinajstić information content (AvgIpc) is 2.62. The van der Waals surface area contributed by atoms with Crippen LogP contribution in [0.25, 0.3) is 0 Å². The van der Waals surface area contributed by atoms with Gasteiger partial charge in [0.25, 0.3) is 11.6 Å². The fraction of sp³-hybridized carbons (Fsp3) is 0.278. The summed E-state index contributed by atoms with van der Waals surface area (Å²) in [6, 6.07) is 9.07. The van der Waals surface area contributed by atoms with E-state index in [1.807, 2.05) is 0 Å². The molecular weight excluding hydrogens is 377 g/mol. The molecule has 0 saturated carbocycles. The maximum Gasteiger partial charge on any atom is 0.270 e. The van der Waals surface area contributed by atoms with Gasteiger partial charge >= 0.3 is 0 Å². The molecule has 0 aliphatic carbocycles. The maximum atomic E-state index is 12.7. The Labute approximate surface area is 160 Å². The monoisotopic (exact) mass is 393 g/mol. The van der Waals surface area contributed by atoms with E-state index in [2.05, 4.69) is 10.2 Å². The first-order valence-electron chi connectivity index (χ1n) is 8.26. The molecule has 1 N–H and O–H groups in total. The molecule has 1 fully saturated rings. The first kappa shape index (κ1) is 18.5. The van der Waals surface area contributed by atoms with Gasteiger partial charge in [-0.05, 0) is 37.5 Å². The van der Waals surface area contributed by atoms with Crippen LogP contribution >= 0.6 is 23.2 Å². The third-order valence-electron chi connectivity index (χ3n) is 4.31. The number of benzene rings is 2. The van der Waals surface area contributed by atoms with E-state index in [0.717, 1.165) is 31.6 Å². The van der Waals surface area contributed by atoms with E-state index in [0.29, 0.717) is 10.7 Å². The summed E-state index contributed by atoms with van der Waals surface area (Å²) in [4.78, 5) is 25.2. The molecule has 0 atom stereocenters. The lowest BCUT2D eigenvalue weighted by atomic mass is 10.1. The molecule has 1 aliphatic rings. The van der Waals surface area contributed by atoms with Crippen molar-refractivity contribution in [1.29, 1.82) is 0 Å². The number of anilines is 2. The first-order chi connectivity index (χ1) is 12.5. The number of amides is 1. The summed E-state index contributed by atoms with van der Waals surface area (Å²) in [6.45, 7) is 1.73. The van der Waals surface area contributed by atoms with Gasteiger partial charge in [0.15, 0.2) is 0 Å². The molecule has 6 nitrogen and oxygen atoms in total. The molecule has 0 aromatic heterocycles. The number of nitro benzene ring substituents is 1. The van der Waals surface area contributed by atoms with Crippen LogP contribution in [0.4, 0.5) is 17.1 Å². The summed E-state index contributed by atoms with van der Waals surface area (Å²) in [5.41, 5.74) is 1.18. The Bertz CT molecular complexity index is 852. The van der Waals surface area contributed by atoms with E-state index in [4.69, 9.17) is 23.2 Å². The quantitative estimate of drug-likeness (QED) is 0.575. The number of hydrogen-bond acceptors (Lipinski definition) is 4. The number of nitro groups is 1. The molecule has 1 aliphatic heterocycles. The average molecular weight is 394 g/mol. The van der Waals surface area contributed by atoms with E-state index in [1.165, 1.54) is 24.6 Å². The molecule has 0 spiro atoms. The van der Waals surface area contributed by atoms with Crippen LogP contribution in [0.1, 0.15) is 29.6 Å². The van der Waals surface area contributed by atoms with Gasteiger partial charge in [0.2, 0.25) is 0 Å². The van der Waals surface area contributed by atoms with Gasteiger partial charge in [0.1, 0.15) is 0 Å². The van der Waals surface area contributed by atoms with Gasteiger partial charge in [-0.3, -0.25) is 14.9 Å². The van der Waals surface area contributed by atoms with E-state index in [9.17, 15) is 14.9 Å². The molecule has 26 heavy (non-hydrogen) atoms. The van der Waals surface area contributed by atoms with Crippen LogP contribution in [0.2, 0.25) is 10.0 Å². The molecule has 136 valence electrons. The van der Waals surface area contributed by atoms with Gasteiger partial charge in [-0.25, -0.2) is 0 Å². The van der Waals surface area contributed by atoms with Crippen molar-refractivity contribution < 1.29 is 9.72 Å². The van der Waals surface area contributed by atoms with Gasteiger partial charge in [-0.15, -0.1) is 0 Å². The second kappa shape index (κ2) is 7.93. The van der Waals surface area contributed by atoms with Gasteiger partial charge in [-0.2, -0.15) is 0 Å². The second-order valence-electron chi connectivity index (χ2n) is 6.06. The molecule has 1 heterocycles. The van der Waals surface area contributed by atoms with Crippen molar-refractivity contribution in [3.8, 4) is 0 Å². The lowest BCUT2D eigenvalue weighted by Crippen LogP contribution is -2.30. The highest BCUT2D eigenvalue weighted by molar-refractivity contribution is 6.35. The zero-order valence-corrected chi connectivity index (χ0v) is 15.4. The van der Waals surface area contributed by atoms with Gasteiger partial charge in [-0.1, -0.05) is 29.3 Å². The normalized spacial score (nSPS) is 14.2. The van der Waals surface area contributed by atoms with Crippen LogP contribution in [-0.4, -0.2) is 23.9 Å². The Balaban J connectivity index is 1.92. The highest BCUT2D eigenvalue weighted by atomic mass is 35.5. The topological polar surface area (TPSA) is 75.5 Å². The minimum Gasteiger partial charge on any atom is -0.369 e. The van der Waals surface area contributed by atoms with Crippen LogP contribution < -0.4 is 10.2 Å². The van der Waals surface area contributed by atoms with Gasteiger partial charge < -0.3 is 10.2 Å². The van der Waals surface area contributed by atoms with Crippen LogP contribution in [0.5, 0.6) is 0 Å². The summed E-state index contributed by atoms with van der Waals surface area (Å²) >= 11 is 12.4. The van der Waals surface area contributed by atoms with Crippen LogP contribution in [0.3, 0.4) is 0 Å². The summed E-state index contributed by atoms with van der Waals surface area (Å²) in [7, 11) is 0. The van der Waals surface area contributed by atoms with Crippen molar-refractivity contribution in [1.82, 2.24) is 0 Å². The largest absolute Gasteiger partial charge is 0.369 e. The maximum absolute atomic E-state index is 12.7. The van der Waals surface area contributed by atoms with E-state index >= 15 is 0 Å². The SMILES string of the molecule is O=C(Nc1cccc(Cl)c1N1CCCCC1)c1cc([N+](=O)[O-])ccc1Cl. The number of nitrogens with zero attached hydrogens (tertiary/aromatic N) is 2. The van der Waals surface area contributed by atoms with Crippen molar-refractivity contribution in [2.24, 2.45) is 0 Å². The van der Waals surface area contributed by atoms with Crippen molar-refractivity contribution in [3.05, 3.63) is 62.1 Å². The molecule has 0 bridgehead atoms. The molecule has 0 unspecified atom stereocenters. The first-order valence-corrected chi connectivity index (χ1v) is 9.01. The number of piperidine rings is 1. The fourth-order valence-corrected chi connectivity index (χ4v) is 3.54. The van der Waals surface area contributed by atoms with Crippen molar-refractivity contribution in [3.63, 3.8) is 0 Å². The summed E-state index contributed by atoms with van der Waals surface area (Å²) < 4.78 is 0. The Morgan fingerprint density at radius 3 is 2.50 bits per heavy atom. The number of carbonyl (C=O) groups is 1. The number of non-ortho nitro benzene ring substituents is 1. The second-order valence-corrected chi connectivity index (χ2v) is 6.87. The summed E-state index contributed by atoms with van der Waals surface area (Å²) in [5, 5.41) is 14.5. The van der Waals surface area contributed by atoms with E-state index in [1.54, 1.807) is 18.2 Å². The Morgan fingerprint density at radius 2 is 1.81 bits per heavy atom. The molecule has 2 aromatic rings. The number of para-hydroxylation sites is 1. The highest BCUT2D eigenvalue weighted by Crippen LogP contribution is 2.36. The van der Waals surface area contributed by atoms with Gasteiger partial charge in [0.05, 0.1) is 31.9 Å². The lowest BCUT2D eigenvalue weighted by Gasteiger charge is -2.31. The lowest BCUT2D eigenvalue weighted by molar-refractivity contribution is -0.384. The van der Waals surface area contributed by atoms with Crippen molar-refractivity contribution in [2.75, 3.05) is 23.3 Å². The van der Waals surface area contributed by atoms with Crippen molar-refractivity contribution in [2.45, 2.75) is 19.3 Å². The number of halogens is 2. The standard InChI is InChI=1S/C18H17Cl2N3O3/c19-14-8-7-12(23(25)26)11-13(14)18(24)21-16-6-4-5-15(20)17(16)22-9-2-1-3-10-22/h4-8,11H,1-3,9-10H2,(H,21,24). The van der Waals surface area contributed by atoms with Gasteiger partial charge in [0, 0.05) is 25.2 Å². The zero-order chi connectivity index (χ0) is 18.7. The summed E-state index contributed by atoms with van der Waals surface area (Å²) in [5.74, 6) is -0.515. The fourth-order valence-electron chi connectivity index (χ4n) is 3.05. The number of nitrogens with one attached hydrogen (secondary N) is 1. The van der Waals surface area contributed by atoms with Crippen LogP contribution in [-0.2, 0) is 0 Å². The molecule has 3 rings (SSSR count). The Kier molecular flexibility index (Phi) is 5.64. The van der Waals surface area contributed by atoms with E-state index < -0.39 is 10.8 Å². The minimum atomic E-state index is -0.564. The number of carbonyl (C=O) groups excluding carboxylic acids is 1. The molecule has 1 saturated heterocycles. The zero-order valence-electron chi connectivity index (χ0n) is 13.9.